The Hall–Kier alpha value is -3.35. The summed E-state index contributed by atoms with van der Waals surface area (Å²) in [6.45, 7) is 2.59. The van der Waals surface area contributed by atoms with Crippen molar-refractivity contribution in [2.24, 2.45) is 5.92 Å². The van der Waals surface area contributed by atoms with Gasteiger partial charge in [0.25, 0.3) is 0 Å². The normalized spacial score (nSPS) is 16.0. The van der Waals surface area contributed by atoms with Crippen LogP contribution in [-0.4, -0.2) is 48.5 Å². The summed E-state index contributed by atoms with van der Waals surface area (Å²) in [4.78, 5) is 39.6. The highest BCUT2D eigenvalue weighted by atomic mass is 16.5. The quantitative estimate of drug-likeness (QED) is 0.811. The zero-order valence-electron chi connectivity index (χ0n) is 16.7. The molecule has 1 unspecified atom stereocenters. The minimum absolute atomic E-state index is 0.105. The third-order valence-corrected chi connectivity index (χ3v) is 5.10. The summed E-state index contributed by atoms with van der Waals surface area (Å²) in [6, 6.07) is 12.0. The Morgan fingerprint density at radius 1 is 1.21 bits per heavy atom. The van der Waals surface area contributed by atoms with E-state index in [2.05, 4.69) is 0 Å². The first-order valence-electron chi connectivity index (χ1n) is 9.32. The summed E-state index contributed by atoms with van der Waals surface area (Å²) in [5.74, 6) is -1.04. The van der Waals surface area contributed by atoms with Crippen LogP contribution < -0.4 is 9.64 Å². The van der Waals surface area contributed by atoms with Crippen LogP contribution in [0.4, 0.5) is 5.69 Å². The largest absolute Gasteiger partial charge is 0.495 e. The number of hydrogen-bond donors (Lipinski definition) is 1. The molecule has 0 aromatic heterocycles. The highest BCUT2D eigenvalue weighted by molar-refractivity contribution is 6.01. The second-order valence-electron chi connectivity index (χ2n) is 7.28. The SMILES string of the molecule is COc1ccc(C)cc1N1CC(C(=O)N(C)Cc2ccc(C(=O)O)cc2)CC1=O. The fraction of sp³-hybridized carbons (Fsp3) is 0.318. The van der Waals surface area contributed by atoms with Gasteiger partial charge in [0.1, 0.15) is 5.75 Å². The van der Waals surface area contributed by atoms with Crippen molar-refractivity contribution >= 4 is 23.5 Å². The zero-order valence-corrected chi connectivity index (χ0v) is 16.7. The predicted molar refractivity (Wildman–Crippen MR) is 108 cm³/mol. The molecular weight excluding hydrogens is 372 g/mol. The smallest absolute Gasteiger partial charge is 0.335 e. The molecule has 152 valence electrons. The molecule has 3 rings (SSSR count). The zero-order chi connectivity index (χ0) is 21.1. The highest BCUT2D eigenvalue weighted by Gasteiger charge is 2.37. The molecule has 1 fully saturated rings. The molecule has 1 saturated heterocycles. The number of hydrogen-bond acceptors (Lipinski definition) is 4. The number of aryl methyl sites for hydroxylation is 1. The first-order chi connectivity index (χ1) is 13.8. The van der Waals surface area contributed by atoms with Crippen molar-refractivity contribution in [2.45, 2.75) is 19.9 Å². The van der Waals surface area contributed by atoms with E-state index >= 15 is 0 Å². The molecule has 7 heteroatoms. The third kappa shape index (κ3) is 4.39. The Kier molecular flexibility index (Phi) is 5.87. The van der Waals surface area contributed by atoms with Gasteiger partial charge in [-0.1, -0.05) is 18.2 Å². The van der Waals surface area contributed by atoms with E-state index in [-0.39, 0.29) is 23.8 Å². The van der Waals surface area contributed by atoms with Crippen LogP contribution in [0.2, 0.25) is 0 Å². The molecular formula is C22H24N2O5. The van der Waals surface area contributed by atoms with Gasteiger partial charge in [0.15, 0.2) is 0 Å². The number of anilines is 1. The maximum Gasteiger partial charge on any atom is 0.335 e. The minimum atomic E-state index is -0.989. The van der Waals surface area contributed by atoms with Crippen LogP contribution in [0.5, 0.6) is 5.75 Å². The van der Waals surface area contributed by atoms with E-state index in [1.165, 1.54) is 12.1 Å². The number of nitrogens with zero attached hydrogens (tertiary/aromatic N) is 2. The van der Waals surface area contributed by atoms with E-state index in [4.69, 9.17) is 9.84 Å². The first kappa shape index (κ1) is 20.4. The van der Waals surface area contributed by atoms with Crippen molar-refractivity contribution < 1.29 is 24.2 Å². The minimum Gasteiger partial charge on any atom is -0.495 e. The lowest BCUT2D eigenvalue weighted by Gasteiger charge is -2.22. The molecule has 0 aliphatic carbocycles. The standard InChI is InChI=1S/C22H24N2O5/c1-14-4-9-19(29-3)18(10-14)24-13-17(11-20(24)25)21(26)23(2)12-15-5-7-16(8-6-15)22(27)28/h4-10,17H,11-13H2,1-3H3,(H,27,28). The van der Waals surface area contributed by atoms with Gasteiger partial charge in [0, 0.05) is 26.6 Å². The summed E-state index contributed by atoms with van der Waals surface area (Å²) >= 11 is 0. The molecule has 7 nitrogen and oxygen atoms in total. The van der Waals surface area contributed by atoms with Crippen molar-refractivity contribution in [3.8, 4) is 5.75 Å². The molecule has 1 heterocycles. The second kappa shape index (κ2) is 8.34. The molecule has 29 heavy (non-hydrogen) atoms. The Bertz CT molecular complexity index is 939. The average Bonchev–Trinajstić information content (AvgIpc) is 3.09. The maximum atomic E-state index is 12.9. The molecule has 0 bridgehead atoms. The summed E-state index contributed by atoms with van der Waals surface area (Å²) in [5.41, 5.74) is 2.71. The lowest BCUT2D eigenvalue weighted by molar-refractivity contribution is -0.135. The van der Waals surface area contributed by atoms with Gasteiger partial charge >= 0.3 is 5.97 Å². The summed E-state index contributed by atoms with van der Waals surface area (Å²) < 4.78 is 5.38. The van der Waals surface area contributed by atoms with Crippen LogP contribution in [0.15, 0.2) is 42.5 Å². The van der Waals surface area contributed by atoms with E-state index in [9.17, 15) is 14.4 Å². The summed E-state index contributed by atoms with van der Waals surface area (Å²) in [7, 11) is 3.24. The Balaban J connectivity index is 1.70. The molecule has 1 aliphatic rings. The van der Waals surface area contributed by atoms with Crippen molar-refractivity contribution in [3.05, 3.63) is 59.2 Å². The molecule has 2 aromatic rings. The number of carbonyl (C=O) groups is 3. The molecule has 0 saturated carbocycles. The van der Waals surface area contributed by atoms with Gasteiger partial charge in [0.2, 0.25) is 11.8 Å². The number of ether oxygens (including phenoxy) is 1. The van der Waals surface area contributed by atoms with Crippen molar-refractivity contribution in [1.82, 2.24) is 4.90 Å². The fourth-order valence-corrected chi connectivity index (χ4v) is 3.53. The Labute approximate surface area is 169 Å². The lowest BCUT2D eigenvalue weighted by atomic mass is 10.1. The third-order valence-electron chi connectivity index (χ3n) is 5.10. The monoisotopic (exact) mass is 396 g/mol. The van der Waals surface area contributed by atoms with Crippen LogP contribution >= 0.6 is 0 Å². The number of aromatic carboxylic acids is 1. The number of rotatable bonds is 6. The topological polar surface area (TPSA) is 87.2 Å². The second-order valence-corrected chi connectivity index (χ2v) is 7.28. The molecule has 1 N–H and O–H groups in total. The average molecular weight is 396 g/mol. The molecule has 2 amide bonds. The maximum absolute atomic E-state index is 12.9. The van der Waals surface area contributed by atoms with E-state index in [0.29, 0.717) is 24.5 Å². The lowest BCUT2D eigenvalue weighted by Crippen LogP contribution is -2.34. The number of carboxylic acid groups (broad SMARTS) is 1. The van der Waals surface area contributed by atoms with Crippen LogP contribution in [-0.2, 0) is 16.1 Å². The van der Waals surface area contributed by atoms with E-state index in [0.717, 1.165) is 11.1 Å². The van der Waals surface area contributed by atoms with E-state index in [1.54, 1.807) is 36.1 Å². The first-order valence-corrected chi connectivity index (χ1v) is 9.32. The molecule has 0 radical (unpaired) electrons. The highest BCUT2D eigenvalue weighted by Crippen LogP contribution is 2.34. The van der Waals surface area contributed by atoms with Crippen molar-refractivity contribution in [3.63, 3.8) is 0 Å². The van der Waals surface area contributed by atoms with Gasteiger partial charge in [-0.3, -0.25) is 9.59 Å². The van der Waals surface area contributed by atoms with Crippen LogP contribution in [0, 0.1) is 12.8 Å². The van der Waals surface area contributed by atoms with Gasteiger partial charge < -0.3 is 19.6 Å². The van der Waals surface area contributed by atoms with Gasteiger partial charge in [-0.05, 0) is 42.3 Å². The van der Waals surface area contributed by atoms with Crippen molar-refractivity contribution in [2.75, 3.05) is 25.6 Å². The molecule has 2 aromatic carbocycles. The number of benzene rings is 2. The summed E-state index contributed by atoms with van der Waals surface area (Å²) in [6.07, 6.45) is 0.151. The van der Waals surface area contributed by atoms with Gasteiger partial charge in [-0.15, -0.1) is 0 Å². The van der Waals surface area contributed by atoms with Crippen LogP contribution in [0.1, 0.15) is 27.9 Å². The van der Waals surface area contributed by atoms with Crippen LogP contribution in [0.25, 0.3) is 0 Å². The number of carbonyl (C=O) groups excluding carboxylic acids is 2. The van der Waals surface area contributed by atoms with Gasteiger partial charge in [-0.25, -0.2) is 4.79 Å². The Morgan fingerprint density at radius 2 is 1.90 bits per heavy atom. The fourth-order valence-electron chi connectivity index (χ4n) is 3.53. The Morgan fingerprint density at radius 3 is 2.52 bits per heavy atom. The summed E-state index contributed by atoms with van der Waals surface area (Å²) in [5, 5.41) is 8.98. The van der Waals surface area contributed by atoms with E-state index in [1.807, 2.05) is 25.1 Å². The van der Waals surface area contributed by atoms with Crippen LogP contribution in [0.3, 0.4) is 0 Å². The number of carboxylic acids is 1. The molecule has 0 spiro atoms. The van der Waals surface area contributed by atoms with Gasteiger partial charge in [0.05, 0.1) is 24.3 Å². The van der Waals surface area contributed by atoms with E-state index < -0.39 is 11.9 Å². The molecule has 1 atom stereocenters. The number of methoxy groups -OCH3 is 1. The predicted octanol–water partition coefficient (Wildman–Crippen LogP) is 2.71. The van der Waals surface area contributed by atoms with Crippen molar-refractivity contribution in [1.29, 1.82) is 0 Å². The van der Waals surface area contributed by atoms with Gasteiger partial charge in [-0.2, -0.15) is 0 Å². The molecule has 1 aliphatic heterocycles. The number of amides is 2.